The topological polar surface area (TPSA) is 42.7 Å². The van der Waals surface area contributed by atoms with Gasteiger partial charge in [0.2, 0.25) is 0 Å². The van der Waals surface area contributed by atoms with E-state index in [0.29, 0.717) is 0 Å². The van der Waals surface area contributed by atoms with Gasteiger partial charge in [0.15, 0.2) is 0 Å². The number of rotatable bonds is 4. The lowest BCUT2D eigenvalue weighted by molar-refractivity contribution is 0.574. The largest absolute Gasteiger partial charge is 0.305 e. The van der Waals surface area contributed by atoms with Crippen molar-refractivity contribution in [3.05, 3.63) is 59.5 Å². The third-order valence-electron chi connectivity index (χ3n) is 3.73. The van der Waals surface area contributed by atoms with Gasteiger partial charge in [0.25, 0.3) is 0 Å². The van der Waals surface area contributed by atoms with E-state index in [1.807, 2.05) is 30.9 Å². The van der Waals surface area contributed by atoms with E-state index in [-0.39, 0.29) is 6.04 Å². The Bertz CT molecular complexity index is 755. The van der Waals surface area contributed by atoms with Crippen molar-refractivity contribution in [3.63, 3.8) is 0 Å². The standard InChI is InChI=1S/C17H20N4/c1-4-18-17(16-11-12(2)20-21(16)3)14-7-5-9-15-13(14)8-6-10-19-15/h5-11,17-18H,4H2,1-3H3. The van der Waals surface area contributed by atoms with E-state index in [1.54, 1.807) is 0 Å². The van der Waals surface area contributed by atoms with E-state index in [2.05, 4.69) is 52.7 Å². The van der Waals surface area contributed by atoms with Crippen molar-refractivity contribution in [1.29, 1.82) is 0 Å². The number of aryl methyl sites for hydroxylation is 2. The minimum atomic E-state index is 0.120. The van der Waals surface area contributed by atoms with Crippen LogP contribution in [0, 0.1) is 6.92 Å². The molecule has 3 rings (SSSR count). The fourth-order valence-electron chi connectivity index (χ4n) is 2.86. The van der Waals surface area contributed by atoms with Crippen LogP contribution in [0.15, 0.2) is 42.6 Å². The highest BCUT2D eigenvalue weighted by molar-refractivity contribution is 5.82. The second-order valence-corrected chi connectivity index (χ2v) is 5.24. The zero-order valence-corrected chi connectivity index (χ0v) is 12.7. The van der Waals surface area contributed by atoms with Crippen LogP contribution in [0.5, 0.6) is 0 Å². The minimum Gasteiger partial charge on any atom is -0.305 e. The molecule has 0 aliphatic carbocycles. The highest BCUT2D eigenvalue weighted by Gasteiger charge is 2.19. The van der Waals surface area contributed by atoms with Crippen molar-refractivity contribution in [2.24, 2.45) is 7.05 Å². The third-order valence-corrected chi connectivity index (χ3v) is 3.73. The van der Waals surface area contributed by atoms with E-state index in [1.165, 1.54) is 16.6 Å². The minimum absolute atomic E-state index is 0.120. The summed E-state index contributed by atoms with van der Waals surface area (Å²) in [6.45, 7) is 5.04. The average Bonchev–Trinajstić information content (AvgIpc) is 2.83. The summed E-state index contributed by atoms with van der Waals surface area (Å²) in [4.78, 5) is 4.46. The molecule has 0 saturated carbocycles. The van der Waals surface area contributed by atoms with Crippen molar-refractivity contribution >= 4 is 10.9 Å². The smallest absolute Gasteiger partial charge is 0.0754 e. The molecule has 1 unspecified atom stereocenters. The Kier molecular flexibility index (Phi) is 3.71. The highest BCUT2D eigenvalue weighted by atomic mass is 15.3. The van der Waals surface area contributed by atoms with E-state index in [4.69, 9.17) is 0 Å². The van der Waals surface area contributed by atoms with Gasteiger partial charge in [0.05, 0.1) is 22.9 Å². The van der Waals surface area contributed by atoms with Gasteiger partial charge < -0.3 is 5.32 Å². The van der Waals surface area contributed by atoms with E-state index in [0.717, 1.165) is 17.8 Å². The zero-order valence-electron chi connectivity index (χ0n) is 12.7. The van der Waals surface area contributed by atoms with E-state index < -0.39 is 0 Å². The van der Waals surface area contributed by atoms with Crippen molar-refractivity contribution in [2.45, 2.75) is 19.9 Å². The average molecular weight is 280 g/mol. The number of benzene rings is 1. The van der Waals surface area contributed by atoms with Crippen molar-refractivity contribution in [2.75, 3.05) is 6.54 Å². The van der Waals surface area contributed by atoms with Crippen LogP contribution in [-0.2, 0) is 7.05 Å². The Hall–Kier alpha value is -2.20. The highest BCUT2D eigenvalue weighted by Crippen LogP contribution is 2.28. The molecule has 108 valence electrons. The van der Waals surface area contributed by atoms with Gasteiger partial charge >= 0.3 is 0 Å². The van der Waals surface area contributed by atoms with Gasteiger partial charge in [0.1, 0.15) is 0 Å². The number of fused-ring (bicyclic) bond motifs is 1. The Morgan fingerprint density at radius 3 is 2.81 bits per heavy atom. The number of nitrogens with one attached hydrogen (secondary N) is 1. The normalized spacial score (nSPS) is 12.7. The lowest BCUT2D eigenvalue weighted by atomic mass is 9.98. The summed E-state index contributed by atoms with van der Waals surface area (Å²) in [5.41, 5.74) is 4.47. The first kappa shape index (κ1) is 13.8. The number of pyridine rings is 1. The lowest BCUT2D eigenvalue weighted by Gasteiger charge is -2.20. The van der Waals surface area contributed by atoms with Crippen molar-refractivity contribution in [3.8, 4) is 0 Å². The van der Waals surface area contributed by atoms with Crippen LogP contribution in [0.2, 0.25) is 0 Å². The maximum atomic E-state index is 4.48. The maximum Gasteiger partial charge on any atom is 0.0754 e. The predicted octanol–water partition coefficient (Wildman–Crippen LogP) is 2.98. The summed E-state index contributed by atoms with van der Waals surface area (Å²) in [6.07, 6.45) is 1.84. The Morgan fingerprint density at radius 1 is 1.24 bits per heavy atom. The third kappa shape index (κ3) is 2.54. The first-order valence-corrected chi connectivity index (χ1v) is 7.28. The van der Waals surface area contributed by atoms with E-state index >= 15 is 0 Å². The van der Waals surface area contributed by atoms with Crippen LogP contribution >= 0.6 is 0 Å². The molecule has 0 radical (unpaired) electrons. The Labute approximate surface area is 124 Å². The van der Waals surface area contributed by atoms with Crippen LogP contribution in [-0.4, -0.2) is 21.3 Å². The summed E-state index contributed by atoms with van der Waals surface area (Å²) in [5.74, 6) is 0. The molecule has 0 aliphatic heterocycles. The molecule has 0 saturated heterocycles. The van der Waals surface area contributed by atoms with Gasteiger partial charge in [-0.2, -0.15) is 5.10 Å². The monoisotopic (exact) mass is 280 g/mol. The van der Waals surface area contributed by atoms with Crippen LogP contribution < -0.4 is 5.32 Å². The van der Waals surface area contributed by atoms with Crippen LogP contribution in [0.25, 0.3) is 10.9 Å². The van der Waals surface area contributed by atoms with Gasteiger partial charge in [-0.25, -0.2) is 0 Å². The van der Waals surface area contributed by atoms with Crippen LogP contribution in [0.3, 0.4) is 0 Å². The maximum absolute atomic E-state index is 4.48. The molecule has 0 amide bonds. The molecule has 0 spiro atoms. The van der Waals surface area contributed by atoms with Crippen molar-refractivity contribution < 1.29 is 0 Å². The number of aromatic nitrogens is 3. The molecule has 1 N–H and O–H groups in total. The lowest BCUT2D eigenvalue weighted by Crippen LogP contribution is -2.24. The molecule has 4 nitrogen and oxygen atoms in total. The molecule has 2 aromatic heterocycles. The first-order valence-electron chi connectivity index (χ1n) is 7.28. The van der Waals surface area contributed by atoms with Gasteiger partial charge in [-0.05, 0) is 37.2 Å². The van der Waals surface area contributed by atoms with Gasteiger partial charge in [-0.1, -0.05) is 25.1 Å². The molecule has 0 fully saturated rings. The fourth-order valence-corrected chi connectivity index (χ4v) is 2.86. The number of hydrogen-bond donors (Lipinski definition) is 1. The SMILES string of the molecule is CCNC(c1cccc2ncccc12)c1cc(C)nn1C. The summed E-state index contributed by atoms with van der Waals surface area (Å²) >= 11 is 0. The predicted molar refractivity (Wildman–Crippen MR) is 85.2 cm³/mol. The number of hydrogen-bond acceptors (Lipinski definition) is 3. The van der Waals surface area contributed by atoms with Crippen molar-refractivity contribution in [1.82, 2.24) is 20.1 Å². The molecule has 0 aliphatic rings. The fraction of sp³-hybridized carbons (Fsp3) is 0.294. The van der Waals surface area contributed by atoms with E-state index in [9.17, 15) is 0 Å². The molecule has 3 aromatic rings. The molecule has 4 heteroatoms. The molecule has 2 heterocycles. The molecular weight excluding hydrogens is 260 g/mol. The second kappa shape index (κ2) is 5.66. The molecule has 21 heavy (non-hydrogen) atoms. The number of nitrogens with zero attached hydrogens (tertiary/aromatic N) is 3. The summed E-state index contributed by atoms with van der Waals surface area (Å²) in [5, 5.41) is 9.24. The van der Waals surface area contributed by atoms with Gasteiger partial charge in [-0.15, -0.1) is 0 Å². The summed E-state index contributed by atoms with van der Waals surface area (Å²) in [7, 11) is 2.00. The van der Waals surface area contributed by atoms with Gasteiger partial charge in [-0.3, -0.25) is 9.67 Å². The Morgan fingerprint density at radius 2 is 2.10 bits per heavy atom. The summed E-state index contributed by atoms with van der Waals surface area (Å²) in [6, 6.07) is 12.7. The van der Waals surface area contributed by atoms with Gasteiger partial charge in [0, 0.05) is 18.6 Å². The quantitative estimate of drug-likeness (QED) is 0.799. The molecule has 1 aromatic carbocycles. The Balaban J connectivity index is 2.18. The molecule has 1 atom stereocenters. The van der Waals surface area contributed by atoms with Crippen LogP contribution in [0.1, 0.15) is 29.9 Å². The molecule has 0 bridgehead atoms. The zero-order chi connectivity index (χ0) is 14.8. The van der Waals surface area contributed by atoms with Crippen LogP contribution in [0.4, 0.5) is 0 Å². The first-order chi connectivity index (χ1) is 10.2. The second-order valence-electron chi connectivity index (χ2n) is 5.24. The molecular formula is C17H20N4. The summed E-state index contributed by atoms with van der Waals surface area (Å²) < 4.78 is 1.96.